The Hall–Kier alpha value is -4.62. The summed E-state index contributed by atoms with van der Waals surface area (Å²) in [5, 5.41) is 0. The molecule has 0 saturated heterocycles. The molecular formula is C32H26N2O4S. The smallest absolute Gasteiger partial charge is 0.340 e. The van der Waals surface area contributed by atoms with Gasteiger partial charge in [-0.15, -0.1) is 0 Å². The molecule has 3 heterocycles. The zero-order chi connectivity index (χ0) is 27.1. The zero-order valence-corrected chi connectivity index (χ0v) is 22.3. The van der Waals surface area contributed by atoms with E-state index in [4.69, 9.17) is 4.74 Å². The van der Waals surface area contributed by atoms with Gasteiger partial charge in [-0.1, -0.05) is 78.4 Å². The minimum absolute atomic E-state index is 0.192. The third kappa shape index (κ3) is 4.02. The number of pyridine rings is 1. The van der Waals surface area contributed by atoms with E-state index in [9.17, 15) is 13.2 Å². The molecule has 1 atom stereocenters. The lowest BCUT2D eigenvalue weighted by molar-refractivity contribution is 0.0604. The minimum Gasteiger partial charge on any atom is -0.465 e. The number of methoxy groups -OCH3 is 1. The second-order valence-electron chi connectivity index (χ2n) is 9.44. The summed E-state index contributed by atoms with van der Waals surface area (Å²) in [6.45, 7) is 1.92. The third-order valence-corrected chi connectivity index (χ3v) is 8.89. The molecule has 0 fully saturated rings. The first-order valence-electron chi connectivity index (χ1n) is 12.6. The summed E-state index contributed by atoms with van der Waals surface area (Å²) in [5.41, 5.74) is 5.79. The second kappa shape index (κ2) is 9.60. The molecule has 0 bridgehead atoms. The number of esters is 1. The molecule has 1 aliphatic heterocycles. The fraction of sp³-hybridized carbons (Fsp3) is 0.0938. The highest BCUT2D eigenvalue weighted by atomic mass is 32.2. The van der Waals surface area contributed by atoms with E-state index in [1.807, 2.05) is 96.4 Å². The first kappa shape index (κ1) is 24.7. The van der Waals surface area contributed by atoms with Gasteiger partial charge < -0.3 is 9.14 Å². The van der Waals surface area contributed by atoms with Crippen LogP contribution in [0.2, 0.25) is 0 Å². The summed E-state index contributed by atoms with van der Waals surface area (Å²) in [4.78, 5) is 13.5. The molecule has 39 heavy (non-hydrogen) atoms. The molecule has 3 aromatic carbocycles. The number of rotatable bonds is 5. The van der Waals surface area contributed by atoms with Crippen LogP contribution in [0.25, 0.3) is 22.7 Å². The van der Waals surface area contributed by atoms with Gasteiger partial charge in [-0.25, -0.2) is 13.2 Å². The maximum Gasteiger partial charge on any atom is 0.340 e. The molecule has 2 aromatic heterocycles. The molecule has 0 aliphatic carbocycles. The standard InChI is InChI=1S/C32H26N2O4S/c1-22-15-17-25(18-16-22)39(36,37)34-21-19-23-10-6-7-13-26(23)30(34)31-28(24-11-4-3-5-12-24)29(32(35)38-2)27-14-8-9-20-33(27)31/h3-21,30H,1-2H3/t30-/m1/s1. The van der Waals surface area contributed by atoms with Crippen molar-refractivity contribution in [3.63, 3.8) is 0 Å². The van der Waals surface area contributed by atoms with Crippen LogP contribution >= 0.6 is 0 Å². The number of sulfonamides is 1. The Morgan fingerprint density at radius 1 is 0.846 bits per heavy atom. The third-order valence-electron chi connectivity index (χ3n) is 7.14. The van der Waals surface area contributed by atoms with Crippen molar-refractivity contribution in [3.8, 4) is 11.1 Å². The fourth-order valence-corrected chi connectivity index (χ4v) is 6.75. The SMILES string of the molecule is COC(=O)c1c(-c2ccccc2)c([C@H]2c3ccccc3C=CN2S(=O)(=O)c2ccc(C)cc2)n2ccccc12. The summed E-state index contributed by atoms with van der Waals surface area (Å²) in [6, 6.07) is 29.0. The van der Waals surface area contributed by atoms with E-state index in [1.165, 1.54) is 11.4 Å². The van der Waals surface area contributed by atoms with E-state index in [-0.39, 0.29) is 4.90 Å². The molecule has 6 rings (SSSR count). The monoisotopic (exact) mass is 534 g/mol. The summed E-state index contributed by atoms with van der Waals surface area (Å²) in [6.07, 6.45) is 5.30. The number of benzene rings is 3. The molecule has 194 valence electrons. The Kier molecular flexibility index (Phi) is 6.08. The highest BCUT2D eigenvalue weighted by molar-refractivity contribution is 7.89. The average molecular weight is 535 g/mol. The molecule has 5 aromatic rings. The predicted octanol–water partition coefficient (Wildman–Crippen LogP) is 6.47. The van der Waals surface area contributed by atoms with Gasteiger partial charge in [0.1, 0.15) is 6.04 Å². The van der Waals surface area contributed by atoms with Crippen molar-refractivity contribution in [2.75, 3.05) is 7.11 Å². The van der Waals surface area contributed by atoms with Crippen molar-refractivity contribution in [1.82, 2.24) is 8.71 Å². The molecule has 0 saturated carbocycles. The lowest BCUT2D eigenvalue weighted by Crippen LogP contribution is -2.34. The van der Waals surface area contributed by atoms with Crippen LogP contribution in [0.3, 0.4) is 0 Å². The van der Waals surface area contributed by atoms with Gasteiger partial charge in [-0.2, -0.15) is 0 Å². The van der Waals surface area contributed by atoms with Gasteiger partial charge in [-0.05, 0) is 54.0 Å². The molecule has 0 amide bonds. The van der Waals surface area contributed by atoms with Crippen molar-refractivity contribution in [1.29, 1.82) is 0 Å². The number of fused-ring (bicyclic) bond motifs is 2. The van der Waals surface area contributed by atoms with Crippen LogP contribution in [0, 0.1) is 6.92 Å². The lowest BCUT2D eigenvalue weighted by atomic mass is 9.90. The first-order valence-corrected chi connectivity index (χ1v) is 14.0. The summed E-state index contributed by atoms with van der Waals surface area (Å²) >= 11 is 0. The van der Waals surface area contributed by atoms with Gasteiger partial charge in [0, 0.05) is 18.0 Å². The molecule has 0 N–H and O–H groups in total. The summed E-state index contributed by atoms with van der Waals surface area (Å²) in [5.74, 6) is -0.489. The van der Waals surface area contributed by atoms with E-state index < -0.39 is 22.0 Å². The number of aryl methyl sites for hydroxylation is 1. The number of carbonyl (C=O) groups is 1. The van der Waals surface area contributed by atoms with Crippen molar-refractivity contribution < 1.29 is 17.9 Å². The van der Waals surface area contributed by atoms with E-state index >= 15 is 0 Å². The quantitative estimate of drug-likeness (QED) is 0.243. The van der Waals surface area contributed by atoms with Crippen LogP contribution in [0.1, 0.15) is 38.8 Å². The summed E-state index contributed by atoms with van der Waals surface area (Å²) in [7, 11) is -2.63. The second-order valence-corrected chi connectivity index (χ2v) is 11.3. The van der Waals surface area contributed by atoms with Crippen LogP contribution in [0.15, 0.2) is 114 Å². The van der Waals surface area contributed by atoms with Crippen molar-refractivity contribution in [2.45, 2.75) is 17.9 Å². The average Bonchev–Trinajstić information content (AvgIpc) is 3.31. The van der Waals surface area contributed by atoms with E-state index in [0.717, 1.165) is 22.3 Å². The van der Waals surface area contributed by atoms with Crippen LogP contribution < -0.4 is 0 Å². The lowest BCUT2D eigenvalue weighted by Gasteiger charge is -2.35. The molecule has 0 unspecified atom stereocenters. The molecule has 0 radical (unpaired) electrons. The van der Waals surface area contributed by atoms with Crippen LogP contribution in [-0.2, 0) is 14.8 Å². The Morgan fingerprint density at radius 3 is 2.28 bits per heavy atom. The van der Waals surface area contributed by atoms with E-state index in [2.05, 4.69) is 0 Å². The Balaban J connectivity index is 1.72. The molecule has 7 heteroatoms. The van der Waals surface area contributed by atoms with E-state index in [1.54, 1.807) is 30.5 Å². The van der Waals surface area contributed by atoms with Gasteiger partial charge in [0.25, 0.3) is 10.0 Å². The summed E-state index contributed by atoms with van der Waals surface area (Å²) < 4.78 is 37.1. The Morgan fingerprint density at radius 2 is 1.54 bits per heavy atom. The zero-order valence-electron chi connectivity index (χ0n) is 21.5. The van der Waals surface area contributed by atoms with Crippen molar-refractivity contribution >= 4 is 27.6 Å². The maximum absolute atomic E-state index is 14.2. The Bertz CT molecular complexity index is 1840. The molecule has 1 aliphatic rings. The number of hydrogen-bond donors (Lipinski definition) is 0. The van der Waals surface area contributed by atoms with Gasteiger partial charge in [0.05, 0.1) is 28.8 Å². The topological polar surface area (TPSA) is 68.1 Å². The van der Waals surface area contributed by atoms with Crippen LogP contribution in [-0.4, -0.2) is 30.2 Å². The van der Waals surface area contributed by atoms with Gasteiger partial charge in [0.15, 0.2) is 0 Å². The van der Waals surface area contributed by atoms with Crippen molar-refractivity contribution in [2.24, 2.45) is 0 Å². The Labute approximate surface area is 227 Å². The molecule has 0 spiro atoms. The highest BCUT2D eigenvalue weighted by Gasteiger charge is 2.39. The minimum atomic E-state index is -3.99. The molecule has 6 nitrogen and oxygen atoms in total. The largest absolute Gasteiger partial charge is 0.465 e. The van der Waals surface area contributed by atoms with Gasteiger partial charge >= 0.3 is 5.97 Å². The molecular weight excluding hydrogens is 508 g/mol. The normalized spacial score (nSPS) is 14.8. The number of aromatic nitrogens is 1. The maximum atomic E-state index is 14.2. The predicted molar refractivity (Wildman–Crippen MR) is 152 cm³/mol. The van der Waals surface area contributed by atoms with E-state index in [0.29, 0.717) is 22.3 Å². The number of carbonyl (C=O) groups excluding carboxylic acids is 1. The van der Waals surface area contributed by atoms with Crippen molar-refractivity contribution in [3.05, 3.63) is 137 Å². The number of ether oxygens (including phenoxy) is 1. The first-order chi connectivity index (χ1) is 18.9. The van der Waals surface area contributed by atoms with Crippen LogP contribution in [0.5, 0.6) is 0 Å². The van der Waals surface area contributed by atoms with Gasteiger partial charge in [-0.3, -0.25) is 4.31 Å². The fourth-order valence-electron chi connectivity index (χ4n) is 5.31. The number of nitrogens with zero attached hydrogens (tertiary/aromatic N) is 2. The van der Waals surface area contributed by atoms with Gasteiger partial charge in [0.2, 0.25) is 0 Å². The highest BCUT2D eigenvalue weighted by Crippen LogP contribution is 2.45. The van der Waals surface area contributed by atoms with Crippen LogP contribution in [0.4, 0.5) is 0 Å². The number of hydrogen-bond acceptors (Lipinski definition) is 4.